The number of hydrogen-bond donors (Lipinski definition) is 1. The van der Waals surface area contributed by atoms with Crippen molar-refractivity contribution in [2.45, 2.75) is 57.9 Å². The molecule has 1 aliphatic rings. The van der Waals surface area contributed by atoms with Gasteiger partial charge in [-0.2, -0.15) is 0 Å². The van der Waals surface area contributed by atoms with Crippen LogP contribution in [-0.2, 0) is 11.3 Å². The highest BCUT2D eigenvalue weighted by atomic mass is 16.5. The molecule has 1 aromatic heterocycles. The minimum Gasteiger partial charge on any atom is -0.472 e. The van der Waals surface area contributed by atoms with Gasteiger partial charge >= 0.3 is 0 Å². The Morgan fingerprint density at radius 1 is 1.30 bits per heavy atom. The first-order valence-corrected chi connectivity index (χ1v) is 7.52. The Hall–Kier alpha value is -0.840. The molecule has 2 atom stereocenters. The summed E-state index contributed by atoms with van der Waals surface area (Å²) in [6, 6.07) is 2.02. The third-order valence-corrected chi connectivity index (χ3v) is 3.60. The highest BCUT2D eigenvalue weighted by molar-refractivity contribution is 5.04. The van der Waals surface area contributed by atoms with E-state index in [9.17, 15) is 0 Å². The van der Waals surface area contributed by atoms with Crippen LogP contribution < -0.4 is 5.32 Å². The minimum absolute atomic E-state index is 0.166. The second-order valence-electron chi connectivity index (χ2n) is 6.92. The molecule has 0 amide bonds. The van der Waals surface area contributed by atoms with Crippen molar-refractivity contribution in [2.75, 3.05) is 20.1 Å². The number of ether oxygens (including phenoxy) is 1. The lowest BCUT2D eigenvalue weighted by Crippen LogP contribution is -2.41. The summed E-state index contributed by atoms with van der Waals surface area (Å²) in [6.07, 6.45) is 6.57. The van der Waals surface area contributed by atoms with E-state index in [0.717, 1.165) is 32.5 Å². The zero-order valence-corrected chi connectivity index (χ0v) is 13.2. The van der Waals surface area contributed by atoms with Gasteiger partial charge < -0.3 is 14.5 Å². The molecule has 2 rings (SSSR count). The number of nitrogens with one attached hydrogen (secondary N) is 1. The van der Waals surface area contributed by atoms with Crippen LogP contribution in [0.1, 0.15) is 39.2 Å². The quantitative estimate of drug-likeness (QED) is 0.869. The van der Waals surface area contributed by atoms with Crippen molar-refractivity contribution in [2.24, 2.45) is 0 Å². The summed E-state index contributed by atoms with van der Waals surface area (Å²) in [5.74, 6) is 0. The summed E-state index contributed by atoms with van der Waals surface area (Å²) in [4.78, 5) is 2.30. The number of rotatable bonds is 6. The van der Waals surface area contributed by atoms with E-state index in [1.54, 1.807) is 6.26 Å². The van der Waals surface area contributed by atoms with E-state index in [0.29, 0.717) is 12.2 Å². The summed E-state index contributed by atoms with van der Waals surface area (Å²) in [7, 11) is 2.14. The van der Waals surface area contributed by atoms with Gasteiger partial charge in [0, 0.05) is 30.7 Å². The molecule has 0 spiro atoms. The first-order chi connectivity index (χ1) is 9.42. The van der Waals surface area contributed by atoms with Crippen LogP contribution in [0, 0.1) is 0 Å². The van der Waals surface area contributed by atoms with Crippen LogP contribution in [0.4, 0.5) is 0 Å². The van der Waals surface area contributed by atoms with Crippen LogP contribution >= 0.6 is 0 Å². The summed E-state index contributed by atoms with van der Waals surface area (Å²) in [5, 5.41) is 3.52. The fraction of sp³-hybridized carbons (Fsp3) is 0.750. The van der Waals surface area contributed by atoms with E-state index >= 15 is 0 Å². The van der Waals surface area contributed by atoms with Gasteiger partial charge in [0.15, 0.2) is 0 Å². The predicted octanol–water partition coefficient (Wildman–Crippen LogP) is 2.65. The fourth-order valence-corrected chi connectivity index (χ4v) is 2.59. The largest absolute Gasteiger partial charge is 0.472 e. The van der Waals surface area contributed by atoms with Crippen molar-refractivity contribution in [3.8, 4) is 0 Å². The molecule has 114 valence electrons. The zero-order valence-electron chi connectivity index (χ0n) is 13.2. The molecule has 2 unspecified atom stereocenters. The Bertz CT molecular complexity index is 384. The molecule has 1 aromatic rings. The summed E-state index contributed by atoms with van der Waals surface area (Å²) < 4.78 is 11.2. The summed E-state index contributed by atoms with van der Waals surface area (Å²) >= 11 is 0. The average Bonchev–Trinajstić information content (AvgIpc) is 2.97. The highest BCUT2D eigenvalue weighted by Gasteiger charge is 2.26. The number of nitrogens with zero attached hydrogens (tertiary/aromatic N) is 1. The van der Waals surface area contributed by atoms with E-state index < -0.39 is 0 Å². The smallest absolute Gasteiger partial charge is 0.0947 e. The molecule has 0 bridgehead atoms. The van der Waals surface area contributed by atoms with Gasteiger partial charge in [-0.1, -0.05) is 0 Å². The topological polar surface area (TPSA) is 37.6 Å². The maximum absolute atomic E-state index is 6.12. The third-order valence-electron chi connectivity index (χ3n) is 3.60. The normalized spacial score (nSPS) is 23.6. The SMILES string of the molecule is CN(Cc1ccoc1)CC1CCC(CNC(C)(C)C)O1. The van der Waals surface area contributed by atoms with Crippen LogP contribution in [-0.4, -0.2) is 42.8 Å². The molecular weight excluding hydrogens is 252 g/mol. The van der Waals surface area contributed by atoms with Gasteiger partial charge in [-0.25, -0.2) is 0 Å². The fourth-order valence-electron chi connectivity index (χ4n) is 2.59. The summed E-state index contributed by atoms with van der Waals surface area (Å²) in [5.41, 5.74) is 1.39. The molecule has 0 aliphatic carbocycles. The van der Waals surface area contributed by atoms with Crippen LogP contribution in [0.25, 0.3) is 0 Å². The second kappa shape index (κ2) is 6.74. The molecule has 4 heteroatoms. The molecule has 0 saturated carbocycles. The van der Waals surface area contributed by atoms with Crippen molar-refractivity contribution in [1.29, 1.82) is 0 Å². The molecule has 1 saturated heterocycles. The Morgan fingerprint density at radius 2 is 2.05 bits per heavy atom. The van der Waals surface area contributed by atoms with E-state index in [1.807, 2.05) is 12.3 Å². The standard InChI is InChI=1S/C16H28N2O2/c1-16(2,3)17-9-14-5-6-15(20-14)11-18(4)10-13-7-8-19-12-13/h7-8,12,14-15,17H,5-6,9-11H2,1-4H3. The maximum atomic E-state index is 6.12. The molecule has 0 aromatic carbocycles. The predicted molar refractivity (Wildman–Crippen MR) is 80.7 cm³/mol. The molecule has 1 aliphatic heterocycles. The first-order valence-electron chi connectivity index (χ1n) is 7.52. The Labute approximate surface area is 122 Å². The van der Waals surface area contributed by atoms with E-state index in [4.69, 9.17) is 9.15 Å². The Kier molecular flexibility index (Phi) is 5.24. The van der Waals surface area contributed by atoms with Gasteiger partial charge in [-0.3, -0.25) is 4.90 Å². The molecule has 2 heterocycles. The minimum atomic E-state index is 0.166. The van der Waals surface area contributed by atoms with Gasteiger partial charge in [0.05, 0.1) is 24.7 Å². The molecule has 0 radical (unpaired) electrons. The molecular formula is C16H28N2O2. The first kappa shape index (κ1) is 15.5. The van der Waals surface area contributed by atoms with E-state index in [-0.39, 0.29) is 5.54 Å². The highest BCUT2D eigenvalue weighted by Crippen LogP contribution is 2.21. The van der Waals surface area contributed by atoms with Gasteiger partial charge in [0.1, 0.15) is 0 Å². The molecule has 1 N–H and O–H groups in total. The third kappa shape index (κ3) is 5.27. The van der Waals surface area contributed by atoms with Crippen molar-refractivity contribution in [3.63, 3.8) is 0 Å². The lowest BCUT2D eigenvalue weighted by molar-refractivity contribution is 0.0241. The maximum Gasteiger partial charge on any atom is 0.0947 e. The average molecular weight is 280 g/mol. The van der Waals surface area contributed by atoms with Crippen LogP contribution in [0.2, 0.25) is 0 Å². The van der Waals surface area contributed by atoms with Gasteiger partial charge in [0.25, 0.3) is 0 Å². The van der Waals surface area contributed by atoms with Crippen molar-refractivity contribution >= 4 is 0 Å². The Morgan fingerprint density at radius 3 is 2.70 bits per heavy atom. The number of hydrogen-bond acceptors (Lipinski definition) is 4. The van der Waals surface area contributed by atoms with Gasteiger partial charge in [0.2, 0.25) is 0 Å². The van der Waals surface area contributed by atoms with Gasteiger partial charge in [-0.05, 0) is 46.7 Å². The zero-order chi connectivity index (χ0) is 14.6. The monoisotopic (exact) mass is 280 g/mol. The van der Waals surface area contributed by atoms with Crippen LogP contribution in [0.3, 0.4) is 0 Å². The van der Waals surface area contributed by atoms with Crippen LogP contribution in [0.15, 0.2) is 23.0 Å². The second-order valence-corrected chi connectivity index (χ2v) is 6.92. The van der Waals surface area contributed by atoms with Crippen molar-refractivity contribution in [3.05, 3.63) is 24.2 Å². The molecule has 20 heavy (non-hydrogen) atoms. The summed E-state index contributed by atoms with van der Waals surface area (Å²) in [6.45, 7) is 9.43. The van der Waals surface area contributed by atoms with E-state index in [1.165, 1.54) is 5.56 Å². The van der Waals surface area contributed by atoms with E-state index in [2.05, 4.69) is 38.0 Å². The van der Waals surface area contributed by atoms with Crippen LogP contribution in [0.5, 0.6) is 0 Å². The molecule has 1 fully saturated rings. The van der Waals surface area contributed by atoms with Gasteiger partial charge in [-0.15, -0.1) is 0 Å². The van der Waals surface area contributed by atoms with Crippen molar-refractivity contribution < 1.29 is 9.15 Å². The Balaban J connectivity index is 1.67. The molecule has 4 nitrogen and oxygen atoms in total. The lowest BCUT2D eigenvalue weighted by Gasteiger charge is -2.24. The lowest BCUT2D eigenvalue weighted by atomic mass is 10.1. The number of likely N-dealkylation sites (N-methyl/N-ethyl adjacent to an activating group) is 1. The van der Waals surface area contributed by atoms with Crippen molar-refractivity contribution in [1.82, 2.24) is 10.2 Å². The number of furan rings is 1.